The molecular formula is C99H107N43S2. The molecule has 0 fully saturated rings. The molecule has 0 saturated heterocycles. The van der Waals surface area contributed by atoms with Crippen LogP contribution in [0.25, 0.3) is 102 Å². The number of nitrogens with zero attached hydrogens (tertiary/aromatic N) is 33. The highest BCUT2D eigenvalue weighted by Crippen LogP contribution is 2.36. The average Bonchev–Trinajstić information content (AvgIpc) is 1.24. The molecule has 0 saturated carbocycles. The van der Waals surface area contributed by atoms with E-state index >= 15 is 0 Å². The number of imidazole rings is 8. The molecule has 20 aromatic heterocycles. The maximum atomic E-state index is 5.79. The van der Waals surface area contributed by atoms with E-state index in [0.717, 1.165) is 206 Å². The van der Waals surface area contributed by atoms with Crippen LogP contribution in [-0.4, -0.2) is 206 Å². The second kappa shape index (κ2) is 43.1. The molecular weight excluding hydrogens is 1860 g/mol. The van der Waals surface area contributed by atoms with Crippen LogP contribution in [0.15, 0.2) is 265 Å². The van der Waals surface area contributed by atoms with E-state index < -0.39 is 0 Å². The van der Waals surface area contributed by atoms with Gasteiger partial charge in [-0.15, -0.1) is 0 Å². The van der Waals surface area contributed by atoms with E-state index in [1.54, 1.807) is 61.0 Å². The first-order valence-corrected chi connectivity index (χ1v) is 47.9. The summed E-state index contributed by atoms with van der Waals surface area (Å²) < 4.78 is 33.8. The van der Waals surface area contributed by atoms with Gasteiger partial charge in [-0.25, -0.2) is 64.8 Å². The molecule has 20 heterocycles. The van der Waals surface area contributed by atoms with Crippen LogP contribution in [0.1, 0.15) is 65.8 Å². The Morgan fingerprint density at radius 2 is 0.611 bits per heavy atom. The minimum Gasteiger partial charge on any atom is -0.337 e. The summed E-state index contributed by atoms with van der Waals surface area (Å²) in [5.41, 5.74) is 32.1. The Balaban J connectivity index is 0.000000114. The summed E-state index contributed by atoms with van der Waals surface area (Å²) in [6.45, 7) is 10.3. The molecule has 730 valence electrons. The first-order chi connectivity index (χ1) is 70.2. The third-order valence-electron chi connectivity index (χ3n) is 23.6. The summed E-state index contributed by atoms with van der Waals surface area (Å²) in [6.07, 6.45) is 57.2. The van der Waals surface area contributed by atoms with Crippen LogP contribution in [0, 0.1) is 13.8 Å². The molecule has 144 heavy (non-hydrogen) atoms. The molecule has 43 nitrogen and oxygen atoms in total. The van der Waals surface area contributed by atoms with Crippen molar-refractivity contribution in [1.82, 2.24) is 179 Å². The third kappa shape index (κ3) is 21.6. The molecule has 3 aromatic carbocycles. The highest BCUT2D eigenvalue weighted by molar-refractivity contribution is 7.10. The maximum absolute atomic E-state index is 5.79. The number of aromatic nitrogens is 33. The molecule has 0 bridgehead atoms. The van der Waals surface area contributed by atoms with E-state index in [0.29, 0.717) is 30.4 Å². The summed E-state index contributed by atoms with van der Waals surface area (Å²) in [5.74, 6) is 3.55. The molecule has 0 aliphatic heterocycles. The zero-order valence-electron chi connectivity index (χ0n) is 81.4. The number of fused-ring (bicyclic) bond motifs is 5. The van der Waals surface area contributed by atoms with Crippen molar-refractivity contribution < 1.29 is 0 Å². The lowest BCUT2D eigenvalue weighted by molar-refractivity contribution is 0.629. The van der Waals surface area contributed by atoms with Crippen molar-refractivity contribution in [1.29, 1.82) is 0 Å². The van der Waals surface area contributed by atoms with Gasteiger partial charge in [0.05, 0.1) is 149 Å². The maximum Gasteiger partial charge on any atom is 0.180 e. The fraction of sp³-hybridized carbons (Fsp3) is 0.212. The molecule has 0 aliphatic rings. The topological polar surface area (TPSA) is 454 Å². The number of nitrogens with one attached hydrogen (secondary N) is 9. The average molecular weight is 1960 g/mol. The molecule has 45 heteroatoms. The Hall–Kier alpha value is -17.5. The smallest absolute Gasteiger partial charge is 0.180 e. The first kappa shape index (κ1) is 95.4. The number of nitrogens with two attached hydrogens (primary N) is 1. The Labute approximate surface area is 834 Å². The highest BCUT2D eigenvalue weighted by atomic mass is 32.1. The van der Waals surface area contributed by atoms with Gasteiger partial charge in [-0.05, 0) is 170 Å². The predicted octanol–water partition coefficient (Wildman–Crippen LogP) is 14.0. The van der Waals surface area contributed by atoms with Crippen molar-refractivity contribution >= 4 is 107 Å². The van der Waals surface area contributed by atoms with E-state index in [1.165, 1.54) is 23.1 Å². The quantitative estimate of drug-likeness (QED) is 0.0200. The Morgan fingerprint density at radius 1 is 0.333 bits per heavy atom. The molecule has 0 radical (unpaired) electrons. The van der Waals surface area contributed by atoms with Crippen LogP contribution in [0.2, 0.25) is 0 Å². The van der Waals surface area contributed by atoms with Crippen LogP contribution >= 0.6 is 23.1 Å². The second-order valence-corrected chi connectivity index (χ2v) is 35.7. The van der Waals surface area contributed by atoms with Gasteiger partial charge < -0.3 is 67.3 Å². The van der Waals surface area contributed by atoms with E-state index in [2.05, 4.69) is 160 Å². The normalized spacial score (nSPS) is 11.8. The number of hydrogen-bond acceptors (Lipinski definition) is 32. The van der Waals surface area contributed by atoms with Crippen molar-refractivity contribution in [3.8, 4) is 73.3 Å². The van der Waals surface area contributed by atoms with Gasteiger partial charge in [0.25, 0.3) is 0 Å². The van der Waals surface area contributed by atoms with E-state index in [4.69, 9.17) is 30.7 Å². The number of hydrogen-bond donors (Lipinski definition) is 10. The molecule has 0 amide bonds. The minimum atomic E-state index is 0.0812. The number of aryl methyl sites for hydroxylation is 7. The SMILES string of the molecule is CNC(C)c1cn2c(-c3cnn(C)c3)cnc2c(Nc2cc(C)ns2)n1.CNC(C)c1cn2c(-c3cnn(C)c3)cnc2c(Nc2ccc(-n3ccnc3)cc2)n1.CNCCc1cn2c(-c3cnn(C)c3)cnc2c(Nc2cc(C)ns2)n1.CNCCc1cn2c(-c3cnn(C)c3)cnc2c(Nc2ccc(-n3ccnc3)cc2)n1.Cn1cc(-c2cnc3c(Nc4ccc(-n5ccnc5)cc4)nc(CCN)cn23)cn1. The summed E-state index contributed by atoms with van der Waals surface area (Å²) in [6, 6.07) is 28.5. The Kier molecular flexibility index (Phi) is 28.5. The van der Waals surface area contributed by atoms with Crippen LogP contribution < -0.4 is 53.6 Å². The molecule has 23 aromatic rings. The molecule has 2 atom stereocenters. The van der Waals surface area contributed by atoms with Gasteiger partial charge in [-0.2, -0.15) is 34.2 Å². The number of anilines is 10. The van der Waals surface area contributed by atoms with Crippen LogP contribution in [-0.2, 0) is 54.5 Å². The zero-order chi connectivity index (χ0) is 99.4. The van der Waals surface area contributed by atoms with Crippen molar-refractivity contribution in [2.24, 2.45) is 41.0 Å². The van der Waals surface area contributed by atoms with Gasteiger partial charge in [0.15, 0.2) is 57.3 Å². The van der Waals surface area contributed by atoms with Gasteiger partial charge in [0, 0.05) is 241 Å². The molecule has 0 spiro atoms. The fourth-order valence-corrected chi connectivity index (χ4v) is 17.3. The Bertz CT molecular complexity index is 8210. The minimum absolute atomic E-state index is 0.0812. The Morgan fingerprint density at radius 3 is 0.861 bits per heavy atom. The monoisotopic (exact) mass is 1960 g/mol. The van der Waals surface area contributed by atoms with Crippen molar-refractivity contribution in [3.05, 3.63) is 305 Å². The van der Waals surface area contributed by atoms with Crippen molar-refractivity contribution in [2.45, 2.75) is 59.0 Å². The van der Waals surface area contributed by atoms with Crippen LogP contribution in [0.3, 0.4) is 0 Å². The highest BCUT2D eigenvalue weighted by Gasteiger charge is 2.24. The first-order valence-electron chi connectivity index (χ1n) is 46.4. The van der Waals surface area contributed by atoms with Crippen molar-refractivity contribution in [3.63, 3.8) is 0 Å². The van der Waals surface area contributed by atoms with Gasteiger partial charge in [0.2, 0.25) is 0 Å². The zero-order valence-corrected chi connectivity index (χ0v) is 83.0. The van der Waals surface area contributed by atoms with E-state index in [9.17, 15) is 0 Å². The standard InChI is InChI=1S/2C22H23N9.C21H21N9.2C17H20N8S/c1-15(23-2)19-13-31-20(16-10-26-29(3)12-16)11-25-22(31)21(28-19)27-17-4-6-18(7-5-17)30-9-8-24-14-30;1-23-8-7-18-14-31-20(16-11-26-29(2)13-16)12-25-22(31)21(28-18)27-17-3-5-19(6-4-17)30-10-9-24-15-30;1-28-12-15(10-25-28)19-11-24-21-20(27-17(6-7-22)13-30(19)21)26-16-2-4-18(5-3-16)29-9-8-23-14-29;1-10-5-15(26-23-10)22-16-17-19-7-14(12-6-20-24(4)8-12)25(17)9-13(21-16)11(2)18-3;1-11-6-15(26-23-11)22-16-17-19-8-14(12-7-20-24(3)9-12)25(17)10-13(21-16)4-5-18-2/h4-15,23H,1-3H3,(H,27,28);3-6,9-15,23H,7-8H2,1-2H3,(H,27,28);2-5,8-14H,6-7,22H2,1H3,(H,26,27);5-9,11,18H,1-4H3,(H,21,22);6-10,18H,4-5H2,1-3H3,(H,21,22). The lowest BCUT2D eigenvalue weighted by atomic mass is 10.2. The lowest BCUT2D eigenvalue weighted by Gasteiger charge is -2.15. The third-order valence-corrected chi connectivity index (χ3v) is 25.2. The van der Waals surface area contributed by atoms with E-state index in [-0.39, 0.29) is 12.1 Å². The summed E-state index contributed by atoms with van der Waals surface area (Å²) in [4.78, 5) is 59.4. The van der Waals surface area contributed by atoms with Crippen LogP contribution in [0.5, 0.6) is 0 Å². The fourth-order valence-electron chi connectivity index (χ4n) is 16.0. The van der Waals surface area contributed by atoms with Gasteiger partial charge in [-0.3, -0.25) is 45.4 Å². The van der Waals surface area contributed by atoms with Gasteiger partial charge in [0.1, 0.15) is 10.0 Å². The predicted molar refractivity (Wildman–Crippen MR) is 560 cm³/mol. The molecule has 2 unspecified atom stereocenters. The second-order valence-electron chi connectivity index (χ2n) is 34.1. The summed E-state index contributed by atoms with van der Waals surface area (Å²) in [5, 5.41) is 53.2. The van der Waals surface area contributed by atoms with Crippen molar-refractivity contribution in [2.75, 3.05) is 74.4 Å². The summed E-state index contributed by atoms with van der Waals surface area (Å²) in [7, 11) is 17.3. The summed E-state index contributed by atoms with van der Waals surface area (Å²) >= 11 is 2.83. The largest absolute Gasteiger partial charge is 0.337 e. The number of rotatable bonds is 30. The van der Waals surface area contributed by atoms with Crippen LogP contribution in [0.4, 0.5) is 56.2 Å². The molecule has 23 rings (SSSR count). The molecule has 0 aliphatic carbocycles. The number of benzene rings is 3. The van der Waals surface area contributed by atoms with Gasteiger partial charge >= 0.3 is 0 Å². The van der Waals surface area contributed by atoms with E-state index in [1.807, 2.05) is 317 Å². The molecule has 11 N–H and O–H groups in total. The number of likely N-dealkylation sites (N-methyl/N-ethyl adjacent to an activating group) is 2. The van der Waals surface area contributed by atoms with Gasteiger partial charge in [-0.1, -0.05) is 0 Å². The lowest BCUT2D eigenvalue weighted by Crippen LogP contribution is -2.15.